The molecule has 1 aliphatic heterocycles. The summed E-state index contributed by atoms with van der Waals surface area (Å²) in [5.74, 6) is -0.581. The molecule has 202 valence electrons. The molecule has 2 aliphatic carbocycles. The summed E-state index contributed by atoms with van der Waals surface area (Å²) in [5, 5.41) is 23.7. The van der Waals surface area contributed by atoms with Crippen LogP contribution in [0.2, 0.25) is 0 Å². The number of fused-ring (bicyclic) bond motifs is 3. The van der Waals surface area contributed by atoms with Crippen molar-refractivity contribution in [2.45, 2.75) is 68.7 Å². The van der Waals surface area contributed by atoms with Crippen molar-refractivity contribution in [3.63, 3.8) is 0 Å². The normalized spacial score (nSPS) is 24.8. The van der Waals surface area contributed by atoms with E-state index in [1.807, 2.05) is 0 Å². The van der Waals surface area contributed by atoms with Crippen LogP contribution in [0.5, 0.6) is 11.5 Å². The van der Waals surface area contributed by atoms with E-state index in [1.54, 1.807) is 23.1 Å². The van der Waals surface area contributed by atoms with Crippen molar-refractivity contribution in [1.82, 2.24) is 10.2 Å². The minimum Gasteiger partial charge on any atom is -0.493 e. The first-order valence-electron chi connectivity index (χ1n) is 12.9. The van der Waals surface area contributed by atoms with Gasteiger partial charge < -0.3 is 34.6 Å². The highest BCUT2D eigenvalue weighted by Gasteiger charge is 2.52. The number of benzene rings is 1. The Labute approximate surface area is 216 Å². The predicted molar refractivity (Wildman–Crippen MR) is 134 cm³/mol. The molecule has 0 radical (unpaired) electrons. The molecule has 3 aliphatic rings. The maximum Gasteiger partial charge on any atom is 0.247 e. The molecule has 0 bridgehead atoms. The number of aldehydes is 1. The molecule has 3 N–H and O–H groups in total. The van der Waals surface area contributed by atoms with Crippen molar-refractivity contribution in [3.05, 3.63) is 34.9 Å². The minimum absolute atomic E-state index is 0.0469. The van der Waals surface area contributed by atoms with E-state index in [-0.39, 0.29) is 38.1 Å². The second kappa shape index (κ2) is 12.1. The monoisotopic (exact) mass is 516 g/mol. The molecule has 10 heteroatoms. The van der Waals surface area contributed by atoms with Crippen molar-refractivity contribution >= 4 is 18.1 Å². The Kier molecular flexibility index (Phi) is 8.83. The fourth-order valence-electron chi connectivity index (χ4n) is 5.82. The minimum atomic E-state index is -1.13. The highest BCUT2D eigenvalue weighted by molar-refractivity contribution is 5.96. The zero-order valence-electron chi connectivity index (χ0n) is 21.4. The molecule has 1 aromatic carbocycles. The molecule has 0 saturated heterocycles. The number of methoxy groups -OCH3 is 2. The van der Waals surface area contributed by atoms with Gasteiger partial charge in [-0.2, -0.15) is 0 Å². The number of carbonyl (C=O) groups excluding carboxylic acids is 3. The van der Waals surface area contributed by atoms with Crippen LogP contribution < -0.4 is 14.8 Å². The lowest BCUT2D eigenvalue weighted by molar-refractivity contribution is -0.142. The second-order valence-corrected chi connectivity index (χ2v) is 9.74. The van der Waals surface area contributed by atoms with Crippen LogP contribution in [0.3, 0.4) is 0 Å². The number of nitrogens with one attached hydrogen (secondary N) is 1. The molecule has 2 amide bonds. The number of nitrogens with zero attached hydrogens (tertiary/aromatic N) is 1. The molecule has 4 unspecified atom stereocenters. The standard InChI is InChI=1S/C27H36N2O8/c1-35-11-8-22(32)29(17-6-4-3-5-7-17)20-14-19(27(34)28-9-10-30)23-18-12-16(15-31)13-21(36-2)25(18)37-26(23)24(20)33/h12-15,17,20,23-24,26,30,33H,3-11H2,1-2H3,(H,28,34). The molecule has 1 heterocycles. The van der Waals surface area contributed by atoms with E-state index in [0.29, 0.717) is 34.5 Å². The number of amides is 2. The summed E-state index contributed by atoms with van der Waals surface area (Å²) in [6, 6.07) is 2.31. The van der Waals surface area contributed by atoms with E-state index in [4.69, 9.17) is 14.2 Å². The van der Waals surface area contributed by atoms with Crippen LogP contribution in [0.1, 0.15) is 60.4 Å². The Morgan fingerprint density at radius 2 is 1.97 bits per heavy atom. The first-order valence-corrected chi connectivity index (χ1v) is 12.9. The lowest BCUT2D eigenvalue weighted by atomic mass is 9.76. The number of hydrogen-bond acceptors (Lipinski definition) is 8. The number of hydrogen-bond donors (Lipinski definition) is 3. The molecule has 1 saturated carbocycles. The van der Waals surface area contributed by atoms with Crippen molar-refractivity contribution in [3.8, 4) is 11.5 Å². The van der Waals surface area contributed by atoms with E-state index in [1.165, 1.54) is 14.2 Å². The van der Waals surface area contributed by atoms with Gasteiger partial charge in [0.2, 0.25) is 11.8 Å². The number of aliphatic hydroxyl groups excluding tert-OH is 2. The van der Waals surface area contributed by atoms with Gasteiger partial charge in [-0.15, -0.1) is 0 Å². The Morgan fingerprint density at radius 3 is 2.62 bits per heavy atom. The van der Waals surface area contributed by atoms with Gasteiger partial charge in [0, 0.05) is 36.4 Å². The molecule has 0 spiro atoms. The summed E-state index contributed by atoms with van der Waals surface area (Å²) >= 11 is 0. The van der Waals surface area contributed by atoms with Crippen LogP contribution in [0, 0.1) is 0 Å². The lowest BCUT2D eigenvalue weighted by Gasteiger charge is -2.45. The van der Waals surface area contributed by atoms with Crippen LogP contribution in [0.25, 0.3) is 0 Å². The van der Waals surface area contributed by atoms with Crippen molar-refractivity contribution in [2.75, 3.05) is 34.0 Å². The Bertz CT molecular complexity index is 1040. The van der Waals surface area contributed by atoms with Gasteiger partial charge in [-0.25, -0.2) is 0 Å². The Morgan fingerprint density at radius 1 is 1.22 bits per heavy atom. The van der Waals surface area contributed by atoms with Gasteiger partial charge in [0.15, 0.2) is 11.5 Å². The highest BCUT2D eigenvalue weighted by atomic mass is 16.5. The van der Waals surface area contributed by atoms with Gasteiger partial charge in [0.05, 0.1) is 38.7 Å². The number of rotatable bonds is 10. The fraction of sp³-hybridized carbons (Fsp3) is 0.593. The van der Waals surface area contributed by atoms with Gasteiger partial charge in [-0.1, -0.05) is 19.3 Å². The second-order valence-electron chi connectivity index (χ2n) is 9.74. The van der Waals surface area contributed by atoms with Crippen LogP contribution in [-0.4, -0.2) is 91.5 Å². The van der Waals surface area contributed by atoms with Gasteiger partial charge in [-0.05, 0) is 31.1 Å². The molecule has 0 aromatic heterocycles. The van der Waals surface area contributed by atoms with Gasteiger partial charge in [-0.3, -0.25) is 14.4 Å². The largest absolute Gasteiger partial charge is 0.493 e. The van der Waals surface area contributed by atoms with E-state index in [9.17, 15) is 24.6 Å². The molecular formula is C27H36N2O8. The SMILES string of the molecule is COCCC(=O)N(C1CCCCC1)C1C=C(C(=O)NCCO)C2c3cc(C=O)cc(OC)c3OC2C1O. The Balaban J connectivity index is 1.80. The van der Waals surface area contributed by atoms with E-state index >= 15 is 0 Å². The number of carbonyl (C=O) groups is 3. The van der Waals surface area contributed by atoms with Crippen LogP contribution in [0.15, 0.2) is 23.8 Å². The smallest absolute Gasteiger partial charge is 0.247 e. The summed E-state index contributed by atoms with van der Waals surface area (Å²) < 4.78 is 16.8. The maximum atomic E-state index is 13.5. The van der Waals surface area contributed by atoms with E-state index in [2.05, 4.69) is 5.32 Å². The summed E-state index contributed by atoms with van der Waals surface area (Å²) in [7, 11) is 2.99. The molecule has 4 rings (SSSR count). The maximum absolute atomic E-state index is 13.5. The zero-order valence-corrected chi connectivity index (χ0v) is 21.4. The van der Waals surface area contributed by atoms with Gasteiger partial charge in [0.1, 0.15) is 18.5 Å². The van der Waals surface area contributed by atoms with E-state index in [0.717, 1.165) is 32.1 Å². The molecule has 4 atom stereocenters. The molecule has 37 heavy (non-hydrogen) atoms. The zero-order chi connectivity index (χ0) is 26.5. The third-order valence-corrected chi connectivity index (χ3v) is 7.51. The molecule has 1 aromatic rings. The van der Waals surface area contributed by atoms with Gasteiger partial charge >= 0.3 is 0 Å². The summed E-state index contributed by atoms with van der Waals surface area (Å²) in [5.41, 5.74) is 1.23. The van der Waals surface area contributed by atoms with Crippen LogP contribution >= 0.6 is 0 Å². The average molecular weight is 517 g/mol. The van der Waals surface area contributed by atoms with Crippen molar-refractivity contribution < 1.29 is 38.8 Å². The first-order chi connectivity index (χ1) is 17.9. The van der Waals surface area contributed by atoms with Crippen LogP contribution in [0.4, 0.5) is 0 Å². The topological polar surface area (TPSA) is 135 Å². The average Bonchev–Trinajstić information content (AvgIpc) is 3.32. The lowest BCUT2D eigenvalue weighted by Crippen LogP contribution is -2.58. The van der Waals surface area contributed by atoms with Crippen molar-refractivity contribution in [2.24, 2.45) is 0 Å². The quantitative estimate of drug-likeness (QED) is 0.397. The number of ether oxygens (including phenoxy) is 3. The van der Waals surface area contributed by atoms with Crippen molar-refractivity contribution in [1.29, 1.82) is 0 Å². The summed E-state index contributed by atoms with van der Waals surface area (Å²) in [4.78, 5) is 40.2. The highest BCUT2D eigenvalue weighted by Crippen LogP contribution is 2.51. The molecule has 10 nitrogen and oxygen atoms in total. The summed E-state index contributed by atoms with van der Waals surface area (Å²) in [6.07, 6.45) is 5.17. The third-order valence-electron chi connectivity index (χ3n) is 7.51. The first kappa shape index (κ1) is 27.1. The van der Waals surface area contributed by atoms with Crippen LogP contribution in [-0.2, 0) is 14.3 Å². The fourth-order valence-corrected chi connectivity index (χ4v) is 5.82. The third kappa shape index (κ3) is 5.37. The predicted octanol–water partition coefficient (Wildman–Crippen LogP) is 1.33. The molecule has 1 fully saturated rings. The molecular weight excluding hydrogens is 480 g/mol. The van der Waals surface area contributed by atoms with Gasteiger partial charge in [0.25, 0.3) is 0 Å². The number of aliphatic hydroxyl groups is 2. The summed E-state index contributed by atoms with van der Waals surface area (Å²) in [6.45, 7) is 0.0580. The van der Waals surface area contributed by atoms with E-state index < -0.39 is 30.1 Å². The Hall–Kier alpha value is -2.95.